The Balaban J connectivity index is 0.958. The molecule has 0 N–H and O–H groups in total. The molecule has 12 rings (SSSR count). The lowest BCUT2D eigenvalue weighted by atomic mass is 9.89. The van der Waals surface area contributed by atoms with Crippen LogP contribution in [0.3, 0.4) is 0 Å². The Labute approximate surface area is 360 Å². The Kier molecular flexibility index (Phi) is 8.56. The number of allylic oxidation sites excluding steroid dienone is 2. The highest BCUT2D eigenvalue weighted by molar-refractivity contribution is 6.10. The Hall–Kier alpha value is -8.15. The van der Waals surface area contributed by atoms with Crippen molar-refractivity contribution >= 4 is 44.3 Å². The molecule has 3 heterocycles. The zero-order chi connectivity index (χ0) is 41.0. The van der Waals surface area contributed by atoms with Crippen molar-refractivity contribution in [2.75, 3.05) is 4.90 Å². The molecule has 1 atom stereocenters. The molecule has 1 unspecified atom stereocenters. The third-order valence-electron chi connectivity index (χ3n) is 12.4. The van der Waals surface area contributed by atoms with Gasteiger partial charge in [-0.3, -0.25) is 4.57 Å². The van der Waals surface area contributed by atoms with Gasteiger partial charge in [0.05, 0.1) is 17.1 Å². The third-order valence-corrected chi connectivity index (χ3v) is 12.4. The molecule has 2 aliphatic rings. The molecule has 0 amide bonds. The maximum absolute atomic E-state index is 5.28. The highest BCUT2D eigenvalue weighted by Gasteiger charge is 2.35. The number of benzene rings is 8. The number of para-hydroxylation sites is 3. The number of aromatic nitrogens is 4. The second-order valence-electron chi connectivity index (χ2n) is 16.0. The maximum Gasteiger partial charge on any atom is 0.238 e. The van der Waals surface area contributed by atoms with E-state index in [9.17, 15) is 0 Å². The maximum atomic E-state index is 5.28. The Morgan fingerprint density at radius 3 is 1.79 bits per heavy atom. The largest absolute Gasteiger partial charge is 0.333 e. The highest BCUT2D eigenvalue weighted by atomic mass is 15.2. The molecule has 0 spiro atoms. The van der Waals surface area contributed by atoms with Crippen LogP contribution < -0.4 is 4.90 Å². The van der Waals surface area contributed by atoms with Gasteiger partial charge in [-0.15, -0.1) is 0 Å². The van der Waals surface area contributed by atoms with Crippen LogP contribution in [-0.4, -0.2) is 25.6 Å². The summed E-state index contributed by atoms with van der Waals surface area (Å²) in [5, 5.41) is 2.30. The van der Waals surface area contributed by atoms with Crippen molar-refractivity contribution in [1.82, 2.24) is 19.5 Å². The van der Waals surface area contributed by atoms with Crippen LogP contribution in [0.15, 0.2) is 218 Å². The van der Waals surface area contributed by atoms with Crippen molar-refractivity contribution < 1.29 is 0 Å². The predicted molar refractivity (Wildman–Crippen MR) is 255 cm³/mol. The van der Waals surface area contributed by atoms with Crippen molar-refractivity contribution in [1.29, 1.82) is 0 Å². The first-order valence-electron chi connectivity index (χ1n) is 21.2. The molecule has 0 radical (unpaired) electrons. The molecule has 5 heteroatoms. The normalized spacial score (nSPS) is 14.4. The summed E-state index contributed by atoms with van der Waals surface area (Å²) in [5.41, 5.74) is 16.1. The summed E-state index contributed by atoms with van der Waals surface area (Å²) < 4.78 is 2.20. The predicted octanol–water partition coefficient (Wildman–Crippen LogP) is 14.0. The standard InChI is InChI=1S/C57H39N5/c1-4-15-38(16-5-1)39-27-29-40(30-28-39)42-19-14-20-45(35-42)56-58-55(41-17-6-2-7-18-41)59-57(60-56)62-52-26-13-11-24-48(52)50-37-44(32-34-54(50)62)43-31-33-53-49(36-43)47-23-10-12-25-51(47)61(53)46-21-8-3-9-22-46/h1-32,34-37,53H,33H2. The van der Waals surface area contributed by atoms with E-state index in [2.05, 4.69) is 204 Å². The zero-order valence-corrected chi connectivity index (χ0v) is 33.8. The summed E-state index contributed by atoms with van der Waals surface area (Å²) in [5.74, 6) is 1.82. The Morgan fingerprint density at radius 1 is 0.419 bits per heavy atom. The van der Waals surface area contributed by atoms with E-state index in [1.54, 1.807) is 0 Å². The molecule has 0 saturated heterocycles. The first-order chi connectivity index (χ1) is 30.7. The van der Waals surface area contributed by atoms with E-state index in [0.717, 1.165) is 50.5 Å². The van der Waals surface area contributed by atoms with E-state index in [-0.39, 0.29) is 6.04 Å². The Morgan fingerprint density at radius 2 is 1.00 bits per heavy atom. The summed E-state index contributed by atoms with van der Waals surface area (Å²) in [6.45, 7) is 0. The van der Waals surface area contributed by atoms with Crippen LogP contribution in [0.25, 0.3) is 83.9 Å². The number of rotatable bonds is 7. The molecule has 0 saturated carbocycles. The van der Waals surface area contributed by atoms with Crippen molar-refractivity contribution in [3.05, 3.63) is 230 Å². The van der Waals surface area contributed by atoms with E-state index < -0.39 is 0 Å². The fourth-order valence-corrected chi connectivity index (χ4v) is 9.40. The molecule has 62 heavy (non-hydrogen) atoms. The van der Waals surface area contributed by atoms with E-state index in [4.69, 9.17) is 15.0 Å². The van der Waals surface area contributed by atoms with Crippen LogP contribution in [0.5, 0.6) is 0 Å². The minimum Gasteiger partial charge on any atom is -0.333 e. The average molecular weight is 794 g/mol. The molecular weight excluding hydrogens is 755 g/mol. The van der Waals surface area contributed by atoms with Gasteiger partial charge in [0, 0.05) is 38.8 Å². The van der Waals surface area contributed by atoms with E-state index in [1.807, 2.05) is 24.3 Å². The van der Waals surface area contributed by atoms with Crippen LogP contribution in [0, 0.1) is 0 Å². The quantitative estimate of drug-likeness (QED) is 0.161. The lowest BCUT2D eigenvalue weighted by Gasteiger charge is -2.29. The van der Waals surface area contributed by atoms with Gasteiger partial charge in [-0.25, -0.2) is 4.98 Å². The third kappa shape index (κ3) is 6.13. The second kappa shape index (κ2) is 14.8. The van der Waals surface area contributed by atoms with Crippen molar-refractivity contribution in [3.8, 4) is 51.0 Å². The summed E-state index contributed by atoms with van der Waals surface area (Å²) >= 11 is 0. The molecule has 0 bridgehead atoms. The average Bonchev–Trinajstić information content (AvgIpc) is 3.87. The van der Waals surface area contributed by atoms with Gasteiger partial charge in [-0.2, -0.15) is 9.97 Å². The second-order valence-corrected chi connectivity index (χ2v) is 16.0. The lowest BCUT2D eigenvalue weighted by molar-refractivity contribution is 0.831. The molecule has 0 fully saturated rings. The fraction of sp³-hybridized carbons (Fsp3) is 0.0351. The molecule has 1 aliphatic heterocycles. The summed E-state index contributed by atoms with van der Waals surface area (Å²) in [6, 6.07) is 73.2. The van der Waals surface area contributed by atoms with Crippen molar-refractivity contribution in [2.45, 2.75) is 12.5 Å². The summed E-state index contributed by atoms with van der Waals surface area (Å²) in [7, 11) is 0. The minimum absolute atomic E-state index is 0.252. The van der Waals surface area contributed by atoms with Crippen molar-refractivity contribution in [2.24, 2.45) is 0 Å². The number of fused-ring (bicyclic) bond motifs is 6. The zero-order valence-electron chi connectivity index (χ0n) is 33.8. The van der Waals surface area contributed by atoms with Gasteiger partial charge >= 0.3 is 0 Å². The van der Waals surface area contributed by atoms with Gasteiger partial charge in [0.15, 0.2) is 11.6 Å². The van der Waals surface area contributed by atoms with E-state index in [1.165, 1.54) is 44.8 Å². The molecule has 8 aromatic carbocycles. The van der Waals surface area contributed by atoms with Crippen LogP contribution in [0.1, 0.15) is 17.5 Å². The summed E-state index contributed by atoms with van der Waals surface area (Å²) in [6.07, 6.45) is 5.74. The van der Waals surface area contributed by atoms with E-state index >= 15 is 0 Å². The fourth-order valence-electron chi connectivity index (χ4n) is 9.40. The topological polar surface area (TPSA) is 46.8 Å². The van der Waals surface area contributed by atoms with Gasteiger partial charge in [-0.05, 0) is 93.9 Å². The van der Waals surface area contributed by atoms with Crippen LogP contribution in [-0.2, 0) is 0 Å². The molecular formula is C57H39N5. The first kappa shape index (κ1) is 35.8. The van der Waals surface area contributed by atoms with Crippen LogP contribution >= 0.6 is 0 Å². The SMILES string of the molecule is C1=C(c2ccc3c(c2)c2ccccc2n3-c2nc(-c3ccccc3)nc(-c3cccc(-c4ccc(-c5ccccc5)cc4)c3)n2)C=C2c3ccccc3N(c3ccccc3)C2C1. The summed E-state index contributed by atoms with van der Waals surface area (Å²) in [4.78, 5) is 18.1. The number of anilines is 2. The van der Waals surface area contributed by atoms with E-state index in [0.29, 0.717) is 17.6 Å². The molecule has 10 aromatic rings. The number of nitrogens with zero attached hydrogens (tertiary/aromatic N) is 5. The van der Waals surface area contributed by atoms with Gasteiger partial charge < -0.3 is 4.90 Å². The molecule has 1 aliphatic carbocycles. The Bertz CT molecular complexity index is 3370. The molecule has 292 valence electrons. The van der Waals surface area contributed by atoms with Crippen LogP contribution in [0.4, 0.5) is 11.4 Å². The van der Waals surface area contributed by atoms with Crippen molar-refractivity contribution in [3.63, 3.8) is 0 Å². The highest BCUT2D eigenvalue weighted by Crippen LogP contribution is 2.49. The number of hydrogen-bond acceptors (Lipinski definition) is 4. The van der Waals surface area contributed by atoms with Gasteiger partial charge in [-0.1, -0.05) is 170 Å². The van der Waals surface area contributed by atoms with Gasteiger partial charge in [0.25, 0.3) is 0 Å². The minimum atomic E-state index is 0.252. The number of hydrogen-bond donors (Lipinski definition) is 0. The smallest absolute Gasteiger partial charge is 0.238 e. The first-order valence-corrected chi connectivity index (χ1v) is 21.2. The molecule has 5 nitrogen and oxygen atoms in total. The monoisotopic (exact) mass is 793 g/mol. The molecule has 2 aromatic heterocycles. The van der Waals surface area contributed by atoms with Gasteiger partial charge in [0.1, 0.15) is 0 Å². The van der Waals surface area contributed by atoms with Crippen LogP contribution in [0.2, 0.25) is 0 Å². The van der Waals surface area contributed by atoms with Gasteiger partial charge in [0.2, 0.25) is 5.95 Å². The lowest BCUT2D eigenvalue weighted by Crippen LogP contribution is -2.27.